The van der Waals surface area contributed by atoms with E-state index in [0.29, 0.717) is 19.4 Å². The first-order valence-corrected chi connectivity index (χ1v) is 10.7. The van der Waals surface area contributed by atoms with Gasteiger partial charge in [0, 0.05) is 24.1 Å². The summed E-state index contributed by atoms with van der Waals surface area (Å²) in [5, 5.41) is 0. The van der Waals surface area contributed by atoms with Crippen LogP contribution in [0, 0.1) is 30.6 Å². The van der Waals surface area contributed by atoms with E-state index in [4.69, 9.17) is 15.2 Å². The number of hydrogen-bond acceptors (Lipinski definition) is 5. The molecule has 3 rings (SSSR count). The van der Waals surface area contributed by atoms with E-state index in [1.54, 1.807) is 4.90 Å². The molecule has 6 nitrogen and oxygen atoms in total. The van der Waals surface area contributed by atoms with E-state index in [2.05, 4.69) is 11.8 Å². The average Bonchev–Trinajstić information content (AvgIpc) is 3.17. The van der Waals surface area contributed by atoms with Gasteiger partial charge in [-0.15, -0.1) is 0 Å². The fraction of sp³-hybridized carbons (Fsp3) is 0.583. The highest BCUT2D eigenvalue weighted by molar-refractivity contribution is 5.77. The highest BCUT2D eigenvalue weighted by atomic mass is 16.6. The largest absolute Gasteiger partial charge is 0.453 e. The molecule has 2 fully saturated rings. The summed E-state index contributed by atoms with van der Waals surface area (Å²) in [4.78, 5) is 26.9. The minimum atomic E-state index is -0.959. The molecule has 2 N–H and O–H groups in total. The number of esters is 1. The lowest BCUT2D eigenvalue weighted by atomic mass is 9.72. The number of methoxy groups -OCH3 is 1. The number of fused-ring (bicyclic) bond motifs is 1. The summed E-state index contributed by atoms with van der Waals surface area (Å²) in [7, 11) is 1.39. The number of carbonyl (C=O) groups excluding carboxylic acids is 2. The van der Waals surface area contributed by atoms with Crippen molar-refractivity contribution in [2.24, 2.45) is 17.6 Å². The maximum atomic E-state index is 12.9. The molecule has 1 heterocycles. The van der Waals surface area contributed by atoms with Gasteiger partial charge in [-0.2, -0.15) is 0 Å². The summed E-state index contributed by atoms with van der Waals surface area (Å²) < 4.78 is 11.1. The van der Waals surface area contributed by atoms with Gasteiger partial charge in [0.1, 0.15) is 6.04 Å². The summed E-state index contributed by atoms with van der Waals surface area (Å²) in [6.45, 7) is 6.39. The first-order valence-electron chi connectivity index (χ1n) is 10.7. The Morgan fingerprint density at radius 3 is 2.73 bits per heavy atom. The van der Waals surface area contributed by atoms with Gasteiger partial charge in [0.05, 0.1) is 7.11 Å². The van der Waals surface area contributed by atoms with Crippen molar-refractivity contribution in [2.45, 2.75) is 64.1 Å². The summed E-state index contributed by atoms with van der Waals surface area (Å²) in [6, 6.07) is 7.18. The molecule has 162 valence electrons. The molecule has 0 unspecified atom stereocenters. The standard InChI is InChI=1S/C24H32N2O4/c1-16(2)21(25)22(27)30-24(13-10-18-8-5-7-17(3)15-18)12-6-9-20-19(24)11-14-26(20)23(28)29-4/h5,7-8,15-16,19-21H,6,9,11-12,14,25H2,1-4H3/t19-,20-,21-,24+/m0/s1. The Morgan fingerprint density at radius 1 is 1.30 bits per heavy atom. The van der Waals surface area contributed by atoms with Crippen LogP contribution in [-0.2, 0) is 14.3 Å². The summed E-state index contributed by atoms with van der Waals surface area (Å²) in [5.41, 5.74) is 7.13. The van der Waals surface area contributed by atoms with Crippen molar-refractivity contribution in [1.82, 2.24) is 4.90 Å². The summed E-state index contributed by atoms with van der Waals surface area (Å²) >= 11 is 0. The smallest absolute Gasteiger partial charge is 0.409 e. The molecular weight excluding hydrogens is 380 g/mol. The van der Waals surface area contributed by atoms with Gasteiger partial charge < -0.3 is 20.1 Å². The van der Waals surface area contributed by atoms with E-state index >= 15 is 0 Å². The van der Waals surface area contributed by atoms with Crippen molar-refractivity contribution in [2.75, 3.05) is 13.7 Å². The summed E-state index contributed by atoms with van der Waals surface area (Å²) in [6.07, 6.45) is 2.67. The van der Waals surface area contributed by atoms with Crippen molar-refractivity contribution in [3.05, 3.63) is 35.4 Å². The molecule has 1 aliphatic heterocycles. The molecule has 1 saturated carbocycles. The number of amides is 1. The second-order valence-corrected chi connectivity index (χ2v) is 8.72. The molecule has 1 saturated heterocycles. The second-order valence-electron chi connectivity index (χ2n) is 8.72. The van der Waals surface area contributed by atoms with E-state index in [1.165, 1.54) is 7.11 Å². The molecule has 1 aromatic carbocycles. The Bertz CT molecular complexity index is 856. The van der Waals surface area contributed by atoms with Gasteiger partial charge >= 0.3 is 12.1 Å². The van der Waals surface area contributed by atoms with Gasteiger partial charge in [-0.3, -0.25) is 4.79 Å². The topological polar surface area (TPSA) is 81.9 Å². The first kappa shape index (κ1) is 22.2. The maximum absolute atomic E-state index is 12.9. The van der Waals surface area contributed by atoms with Crippen LogP contribution in [0.3, 0.4) is 0 Å². The van der Waals surface area contributed by atoms with Crippen molar-refractivity contribution in [3.63, 3.8) is 0 Å². The van der Waals surface area contributed by atoms with Gasteiger partial charge in [-0.05, 0) is 62.1 Å². The Kier molecular flexibility index (Phi) is 6.72. The van der Waals surface area contributed by atoms with Crippen LogP contribution in [0.5, 0.6) is 0 Å². The first-order chi connectivity index (χ1) is 14.3. The normalized spacial score (nSPS) is 26.4. The molecular formula is C24H32N2O4. The average molecular weight is 413 g/mol. The highest BCUT2D eigenvalue weighted by Crippen LogP contribution is 2.45. The minimum Gasteiger partial charge on any atom is -0.453 e. The van der Waals surface area contributed by atoms with Crippen LogP contribution >= 0.6 is 0 Å². The van der Waals surface area contributed by atoms with Gasteiger partial charge in [-0.1, -0.05) is 31.9 Å². The number of aryl methyl sites for hydroxylation is 1. The fourth-order valence-corrected chi connectivity index (χ4v) is 4.59. The predicted octanol–water partition coefficient (Wildman–Crippen LogP) is 3.25. The number of nitrogens with zero attached hydrogens (tertiary/aromatic N) is 1. The second kappa shape index (κ2) is 9.09. The summed E-state index contributed by atoms with van der Waals surface area (Å²) in [5.74, 6) is 6.04. The number of benzene rings is 1. The molecule has 1 amide bonds. The molecule has 1 aliphatic carbocycles. The molecule has 6 heteroatoms. The lowest BCUT2D eigenvalue weighted by molar-refractivity contribution is -0.165. The maximum Gasteiger partial charge on any atom is 0.409 e. The van der Waals surface area contributed by atoms with Gasteiger partial charge in [-0.25, -0.2) is 4.79 Å². The van der Waals surface area contributed by atoms with E-state index < -0.39 is 17.6 Å². The predicted molar refractivity (Wildman–Crippen MR) is 115 cm³/mol. The zero-order chi connectivity index (χ0) is 21.9. The number of rotatable bonds is 3. The van der Waals surface area contributed by atoms with Crippen LogP contribution in [0.2, 0.25) is 0 Å². The van der Waals surface area contributed by atoms with Crippen LogP contribution < -0.4 is 5.73 Å². The SMILES string of the molecule is COC(=O)N1CC[C@H]2[C@@H]1CCC[C@]2(C#Cc1cccc(C)c1)OC(=O)[C@@H](N)C(C)C. The number of likely N-dealkylation sites (tertiary alicyclic amines) is 1. The molecule has 1 aromatic rings. The monoisotopic (exact) mass is 412 g/mol. The Morgan fingerprint density at radius 2 is 2.07 bits per heavy atom. The number of hydrogen-bond donors (Lipinski definition) is 1. The van der Waals surface area contributed by atoms with Crippen LogP contribution in [0.1, 0.15) is 50.7 Å². The van der Waals surface area contributed by atoms with Crippen molar-refractivity contribution >= 4 is 12.1 Å². The Labute approximate surface area is 179 Å². The van der Waals surface area contributed by atoms with Gasteiger partial charge in [0.25, 0.3) is 0 Å². The molecule has 4 atom stereocenters. The van der Waals surface area contributed by atoms with E-state index in [1.807, 2.05) is 45.0 Å². The van der Waals surface area contributed by atoms with Crippen LogP contribution in [0.4, 0.5) is 4.79 Å². The molecule has 30 heavy (non-hydrogen) atoms. The Balaban J connectivity index is 1.97. The molecule has 0 spiro atoms. The highest BCUT2D eigenvalue weighted by Gasteiger charge is 2.54. The van der Waals surface area contributed by atoms with E-state index in [0.717, 1.165) is 24.0 Å². The lowest BCUT2D eigenvalue weighted by Crippen LogP contribution is -2.53. The zero-order valence-corrected chi connectivity index (χ0v) is 18.3. The van der Waals surface area contributed by atoms with E-state index in [9.17, 15) is 9.59 Å². The van der Waals surface area contributed by atoms with Crippen LogP contribution in [0.25, 0.3) is 0 Å². The lowest BCUT2D eigenvalue weighted by Gasteiger charge is -2.43. The van der Waals surface area contributed by atoms with Crippen molar-refractivity contribution in [3.8, 4) is 11.8 Å². The van der Waals surface area contributed by atoms with Crippen LogP contribution in [-0.4, -0.2) is 48.3 Å². The molecule has 0 bridgehead atoms. The van der Waals surface area contributed by atoms with Crippen LogP contribution in [0.15, 0.2) is 24.3 Å². The molecule has 0 radical (unpaired) electrons. The quantitative estimate of drug-likeness (QED) is 0.609. The number of nitrogens with two attached hydrogens (primary N) is 1. The van der Waals surface area contributed by atoms with Crippen molar-refractivity contribution in [1.29, 1.82) is 0 Å². The third-order valence-corrected chi connectivity index (χ3v) is 6.31. The third kappa shape index (κ3) is 4.46. The fourth-order valence-electron chi connectivity index (χ4n) is 4.59. The number of ether oxygens (including phenoxy) is 2. The molecule has 0 aromatic heterocycles. The Hall–Kier alpha value is -2.52. The van der Waals surface area contributed by atoms with Gasteiger partial charge in [0.15, 0.2) is 5.60 Å². The zero-order valence-electron chi connectivity index (χ0n) is 18.3. The third-order valence-electron chi connectivity index (χ3n) is 6.31. The molecule has 2 aliphatic rings. The van der Waals surface area contributed by atoms with E-state index in [-0.39, 0.29) is 24.0 Å². The minimum absolute atomic E-state index is 0.0335. The van der Waals surface area contributed by atoms with Gasteiger partial charge in [0.2, 0.25) is 0 Å². The number of carbonyl (C=O) groups is 2. The van der Waals surface area contributed by atoms with Crippen molar-refractivity contribution < 1.29 is 19.1 Å².